The number of nitrogens with two attached hydrogens (primary N) is 1. The Kier molecular flexibility index (Phi) is 2.11. The second-order valence-electron chi connectivity index (χ2n) is 4.19. The molecule has 0 saturated heterocycles. The Morgan fingerprint density at radius 3 is 2.76 bits per heavy atom. The summed E-state index contributed by atoms with van der Waals surface area (Å²) in [6, 6.07) is 12.3. The van der Waals surface area contributed by atoms with Crippen molar-refractivity contribution in [2.75, 3.05) is 5.73 Å². The molecule has 0 spiro atoms. The lowest BCUT2D eigenvalue weighted by Crippen LogP contribution is -1.86. The van der Waals surface area contributed by atoms with Crippen LogP contribution < -0.4 is 5.73 Å². The quantitative estimate of drug-likeness (QED) is 0.645. The Morgan fingerprint density at radius 2 is 2.00 bits per heavy atom. The first-order valence-corrected chi connectivity index (χ1v) is 5.51. The van der Waals surface area contributed by atoms with Crippen molar-refractivity contribution >= 4 is 16.5 Å². The Labute approximate surface area is 99.5 Å². The fourth-order valence-electron chi connectivity index (χ4n) is 2.06. The number of nitrogens with zero attached hydrogens (tertiary/aromatic N) is 2. The molecule has 3 aromatic rings. The van der Waals surface area contributed by atoms with Gasteiger partial charge < -0.3 is 5.73 Å². The normalized spacial score (nSPS) is 10.9. The molecule has 84 valence electrons. The molecule has 3 rings (SSSR count). The van der Waals surface area contributed by atoms with E-state index in [1.54, 1.807) is 4.68 Å². The highest BCUT2D eigenvalue weighted by Gasteiger charge is 2.03. The molecule has 0 aliphatic heterocycles. The molecule has 0 aliphatic rings. The molecule has 3 heteroatoms. The van der Waals surface area contributed by atoms with E-state index in [0.29, 0.717) is 0 Å². The van der Waals surface area contributed by atoms with Crippen LogP contribution in [0.25, 0.3) is 21.9 Å². The molecule has 0 radical (unpaired) electrons. The fraction of sp³-hybridized carbons (Fsp3) is 0.0714. The van der Waals surface area contributed by atoms with Gasteiger partial charge in [-0.05, 0) is 23.1 Å². The van der Waals surface area contributed by atoms with Crippen LogP contribution in [0.2, 0.25) is 0 Å². The summed E-state index contributed by atoms with van der Waals surface area (Å²) in [5, 5.41) is 6.44. The van der Waals surface area contributed by atoms with Crippen LogP contribution in [0, 0.1) is 0 Å². The number of anilines is 1. The van der Waals surface area contributed by atoms with Crippen molar-refractivity contribution in [3.8, 4) is 11.1 Å². The molecule has 0 fully saturated rings. The van der Waals surface area contributed by atoms with Gasteiger partial charge in [0.25, 0.3) is 0 Å². The highest BCUT2D eigenvalue weighted by molar-refractivity contribution is 5.95. The number of nitrogen functional groups attached to an aromatic ring is 1. The van der Waals surface area contributed by atoms with Gasteiger partial charge in [0.05, 0.1) is 6.20 Å². The Morgan fingerprint density at radius 1 is 1.12 bits per heavy atom. The molecule has 1 heterocycles. The van der Waals surface area contributed by atoms with Crippen molar-refractivity contribution < 1.29 is 0 Å². The van der Waals surface area contributed by atoms with Gasteiger partial charge in [-0.2, -0.15) is 5.10 Å². The van der Waals surface area contributed by atoms with E-state index in [2.05, 4.69) is 29.4 Å². The van der Waals surface area contributed by atoms with Gasteiger partial charge in [-0.15, -0.1) is 0 Å². The van der Waals surface area contributed by atoms with Gasteiger partial charge in [-0.25, -0.2) is 0 Å². The van der Waals surface area contributed by atoms with Crippen LogP contribution >= 0.6 is 0 Å². The summed E-state index contributed by atoms with van der Waals surface area (Å²) < 4.78 is 1.80. The van der Waals surface area contributed by atoms with E-state index in [1.165, 1.54) is 0 Å². The van der Waals surface area contributed by atoms with Crippen molar-refractivity contribution in [3.63, 3.8) is 0 Å². The number of aryl methyl sites for hydroxylation is 1. The highest BCUT2D eigenvalue weighted by atomic mass is 15.2. The Bertz CT molecular complexity index is 683. The summed E-state index contributed by atoms with van der Waals surface area (Å²) in [7, 11) is 1.92. The maximum atomic E-state index is 5.93. The van der Waals surface area contributed by atoms with E-state index in [4.69, 9.17) is 5.73 Å². The SMILES string of the molecule is Cn1cc(-c2ccc3c(N)cccc3c2)cn1. The Balaban J connectivity index is 2.20. The van der Waals surface area contributed by atoms with Gasteiger partial charge in [0.15, 0.2) is 0 Å². The zero-order valence-corrected chi connectivity index (χ0v) is 9.59. The van der Waals surface area contributed by atoms with Crippen LogP contribution in [0.3, 0.4) is 0 Å². The van der Waals surface area contributed by atoms with Crippen LogP contribution in [0.15, 0.2) is 48.8 Å². The van der Waals surface area contributed by atoms with Crippen molar-refractivity contribution in [1.82, 2.24) is 9.78 Å². The van der Waals surface area contributed by atoms with Crippen LogP contribution in [-0.2, 0) is 7.05 Å². The minimum absolute atomic E-state index is 0.820. The molecule has 0 bridgehead atoms. The predicted molar refractivity (Wildman–Crippen MR) is 70.6 cm³/mol. The van der Waals surface area contributed by atoms with Crippen LogP contribution in [-0.4, -0.2) is 9.78 Å². The van der Waals surface area contributed by atoms with Gasteiger partial charge in [0.2, 0.25) is 0 Å². The van der Waals surface area contributed by atoms with Crippen LogP contribution in [0.5, 0.6) is 0 Å². The summed E-state index contributed by atoms with van der Waals surface area (Å²) in [6.07, 6.45) is 3.88. The van der Waals surface area contributed by atoms with E-state index in [0.717, 1.165) is 27.6 Å². The number of rotatable bonds is 1. The van der Waals surface area contributed by atoms with Gasteiger partial charge in [-0.1, -0.05) is 24.3 Å². The number of hydrogen-bond acceptors (Lipinski definition) is 2. The molecule has 3 nitrogen and oxygen atoms in total. The molecule has 0 aliphatic carbocycles. The minimum atomic E-state index is 0.820. The Hall–Kier alpha value is -2.29. The number of fused-ring (bicyclic) bond motifs is 1. The molecule has 2 N–H and O–H groups in total. The second-order valence-corrected chi connectivity index (χ2v) is 4.19. The predicted octanol–water partition coefficient (Wildman–Crippen LogP) is 2.82. The van der Waals surface area contributed by atoms with Crippen LogP contribution in [0.4, 0.5) is 5.69 Å². The third kappa shape index (κ3) is 1.65. The molecule has 0 amide bonds. The van der Waals surface area contributed by atoms with Gasteiger partial charge >= 0.3 is 0 Å². The zero-order valence-electron chi connectivity index (χ0n) is 9.59. The largest absolute Gasteiger partial charge is 0.398 e. The zero-order chi connectivity index (χ0) is 11.8. The van der Waals surface area contributed by atoms with Crippen molar-refractivity contribution in [2.24, 2.45) is 7.05 Å². The standard InChI is InChI=1S/C14H13N3/c1-17-9-12(8-16-17)10-5-6-13-11(7-10)3-2-4-14(13)15/h2-9H,15H2,1H3. The third-order valence-corrected chi connectivity index (χ3v) is 2.95. The average molecular weight is 223 g/mol. The first kappa shape index (κ1) is 9.90. The monoisotopic (exact) mass is 223 g/mol. The van der Waals surface area contributed by atoms with E-state index < -0.39 is 0 Å². The summed E-state index contributed by atoms with van der Waals surface area (Å²) in [6.45, 7) is 0. The third-order valence-electron chi connectivity index (χ3n) is 2.95. The number of benzene rings is 2. The van der Waals surface area contributed by atoms with E-state index in [9.17, 15) is 0 Å². The first-order valence-electron chi connectivity index (χ1n) is 5.51. The molecule has 0 atom stereocenters. The van der Waals surface area contributed by atoms with Gasteiger partial charge in [-0.3, -0.25) is 4.68 Å². The van der Waals surface area contributed by atoms with E-state index in [1.807, 2.05) is 31.6 Å². The summed E-state index contributed by atoms with van der Waals surface area (Å²) in [5.41, 5.74) is 9.04. The number of aromatic nitrogens is 2. The summed E-state index contributed by atoms with van der Waals surface area (Å²) in [5.74, 6) is 0. The lowest BCUT2D eigenvalue weighted by atomic mass is 10.0. The second kappa shape index (κ2) is 3.63. The molecule has 0 saturated carbocycles. The van der Waals surface area contributed by atoms with E-state index in [-0.39, 0.29) is 0 Å². The van der Waals surface area contributed by atoms with Crippen molar-refractivity contribution in [3.05, 3.63) is 48.8 Å². The van der Waals surface area contributed by atoms with Gasteiger partial charge in [0, 0.05) is 29.9 Å². The van der Waals surface area contributed by atoms with Crippen molar-refractivity contribution in [1.29, 1.82) is 0 Å². The smallest absolute Gasteiger partial charge is 0.0568 e. The number of hydrogen-bond donors (Lipinski definition) is 1. The van der Waals surface area contributed by atoms with Crippen LogP contribution in [0.1, 0.15) is 0 Å². The topological polar surface area (TPSA) is 43.8 Å². The maximum Gasteiger partial charge on any atom is 0.0568 e. The first-order chi connectivity index (χ1) is 8.24. The summed E-state index contributed by atoms with van der Waals surface area (Å²) >= 11 is 0. The van der Waals surface area contributed by atoms with E-state index >= 15 is 0 Å². The molecule has 2 aromatic carbocycles. The average Bonchev–Trinajstić information content (AvgIpc) is 2.76. The molecule has 0 unspecified atom stereocenters. The lowest BCUT2D eigenvalue weighted by molar-refractivity contribution is 0.768. The van der Waals surface area contributed by atoms with Crippen molar-refractivity contribution in [2.45, 2.75) is 0 Å². The lowest BCUT2D eigenvalue weighted by Gasteiger charge is -2.04. The highest BCUT2D eigenvalue weighted by Crippen LogP contribution is 2.26. The van der Waals surface area contributed by atoms with Gasteiger partial charge in [0.1, 0.15) is 0 Å². The molecular weight excluding hydrogens is 210 g/mol. The molecular formula is C14H13N3. The molecule has 1 aromatic heterocycles. The maximum absolute atomic E-state index is 5.93. The minimum Gasteiger partial charge on any atom is -0.398 e. The fourth-order valence-corrected chi connectivity index (χ4v) is 2.06. The molecule has 17 heavy (non-hydrogen) atoms. The summed E-state index contributed by atoms with van der Waals surface area (Å²) in [4.78, 5) is 0.